The zero-order chi connectivity index (χ0) is 23.2. The molecule has 1 heterocycles. The van der Waals surface area contributed by atoms with Gasteiger partial charge >= 0.3 is 0 Å². The zero-order valence-electron chi connectivity index (χ0n) is 18.9. The highest BCUT2D eigenvalue weighted by Gasteiger charge is 2.30. The molecule has 0 fully saturated rings. The summed E-state index contributed by atoms with van der Waals surface area (Å²) in [5, 5.41) is 7.33. The molecule has 34 heavy (non-hydrogen) atoms. The molecule has 0 spiro atoms. The van der Waals surface area contributed by atoms with Crippen molar-refractivity contribution < 1.29 is 4.79 Å². The van der Waals surface area contributed by atoms with E-state index in [1.165, 1.54) is 39.7 Å². The van der Waals surface area contributed by atoms with Crippen molar-refractivity contribution in [3.8, 4) is 0 Å². The first-order valence-corrected chi connectivity index (χ1v) is 12.6. The van der Waals surface area contributed by atoms with E-state index in [0.717, 1.165) is 30.1 Å². The Labute approximate surface area is 204 Å². The summed E-state index contributed by atoms with van der Waals surface area (Å²) in [5.74, 6) is 0.253. The zero-order valence-corrected chi connectivity index (χ0v) is 19.7. The number of benzene rings is 3. The van der Waals surface area contributed by atoms with Crippen molar-refractivity contribution in [2.75, 3.05) is 11.1 Å². The fourth-order valence-electron chi connectivity index (χ4n) is 4.43. The van der Waals surface area contributed by atoms with E-state index in [1.54, 1.807) is 0 Å². The van der Waals surface area contributed by atoms with Crippen molar-refractivity contribution in [3.05, 3.63) is 119 Å². The minimum atomic E-state index is -0.0413. The molecule has 3 aromatic rings. The molecule has 0 radical (unpaired) electrons. The standard InChI is InChI=1S/C29H27N3OS/c33-26(30-24-16-8-3-9-17-24)20-34-29-31-27(22-13-6-2-7-14-22)25-18-10-15-23(28(25)32-29)19-21-11-4-1-5-12-21/h1-9,11-14,16-17,19,27H,10,15,18,20H2,(H,30,33)(H,31,32)/b23-19+/t27-/m1/s1. The van der Waals surface area contributed by atoms with Gasteiger partial charge in [0.1, 0.15) is 6.04 Å². The summed E-state index contributed by atoms with van der Waals surface area (Å²) in [6.45, 7) is 0. The van der Waals surface area contributed by atoms with E-state index in [-0.39, 0.29) is 11.9 Å². The Morgan fingerprint density at radius 2 is 1.62 bits per heavy atom. The number of thioether (sulfide) groups is 1. The Hall–Kier alpha value is -3.57. The highest BCUT2D eigenvalue weighted by atomic mass is 32.2. The van der Waals surface area contributed by atoms with Crippen molar-refractivity contribution >= 4 is 34.6 Å². The lowest BCUT2D eigenvalue weighted by atomic mass is 9.84. The first-order valence-electron chi connectivity index (χ1n) is 11.6. The van der Waals surface area contributed by atoms with Crippen LogP contribution in [0.5, 0.6) is 0 Å². The smallest absolute Gasteiger partial charge is 0.234 e. The molecule has 2 N–H and O–H groups in total. The Balaban J connectivity index is 1.40. The summed E-state index contributed by atoms with van der Waals surface area (Å²) in [5.41, 5.74) is 6.99. The van der Waals surface area contributed by atoms with Gasteiger partial charge in [0.15, 0.2) is 5.17 Å². The molecule has 0 saturated heterocycles. The number of aliphatic imine (C=N–C) groups is 1. The van der Waals surface area contributed by atoms with Crippen LogP contribution >= 0.6 is 11.8 Å². The largest absolute Gasteiger partial charge is 0.335 e. The van der Waals surface area contributed by atoms with Crippen LogP contribution in [0.15, 0.2) is 113 Å². The van der Waals surface area contributed by atoms with Crippen LogP contribution in [0.1, 0.15) is 36.4 Å². The average Bonchev–Trinajstić information content (AvgIpc) is 2.89. The first-order chi connectivity index (χ1) is 16.8. The van der Waals surface area contributed by atoms with Crippen molar-refractivity contribution in [2.45, 2.75) is 25.3 Å². The van der Waals surface area contributed by atoms with Crippen molar-refractivity contribution in [1.29, 1.82) is 0 Å². The molecule has 1 aliphatic heterocycles. The summed E-state index contributed by atoms with van der Waals surface area (Å²) in [6, 6.07) is 30.4. The highest BCUT2D eigenvalue weighted by Crippen LogP contribution is 2.41. The second-order valence-electron chi connectivity index (χ2n) is 8.41. The third kappa shape index (κ3) is 5.32. The van der Waals surface area contributed by atoms with Crippen LogP contribution in [0.3, 0.4) is 0 Å². The van der Waals surface area contributed by atoms with Gasteiger partial charge in [-0.3, -0.25) is 4.79 Å². The molecule has 5 heteroatoms. The molecule has 3 aromatic carbocycles. The summed E-state index contributed by atoms with van der Waals surface area (Å²) in [7, 11) is 0. The molecule has 170 valence electrons. The van der Waals surface area contributed by atoms with Crippen LogP contribution < -0.4 is 10.6 Å². The number of anilines is 1. The molecule has 4 nitrogen and oxygen atoms in total. The van der Waals surface area contributed by atoms with E-state index < -0.39 is 0 Å². The SMILES string of the molecule is O=C(CSC1=N[C@H](c2ccccc2)C2=C(N1)/C(=C/c1ccccc1)CCC2)Nc1ccccc1. The second kappa shape index (κ2) is 10.6. The Bertz CT molecular complexity index is 1230. The molecule has 2 aliphatic rings. The molecule has 0 bridgehead atoms. The maximum Gasteiger partial charge on any atom is 0.234 e. The summed E-state index contributed by atoms with van der Waals surface area (Å²) in [4.78, 5) is 17.6. The third-order valence-corrected chi connectivity index (χ3v) is 6.88. The Morgan fingerprint density at radius 1 is 0.941 bits per heavy atom. The van der Waals surface area contributed by atoms with Gasteiger partial charge in [0, 0.05) is 11.4 Å². The summed E-state index contributed by atoms with van der Waals surface area (Å²) < 4.78 is 0. The van der Waals surface area contributed by atoms with Crippen LogP contribution in [0.25, 0.3) is 6.08 Å². The number of carbonyl (C=O) groups is 1. The lowest BCUT2D eigenvalue weighted by Crippen LogP contribution is -2.32. The number of allylic oxidation sites excluding steroid dienone is 1. The van der Waals surface area contributed by atoms with Gasteiger partial charge in [-0.1, -0.05) is 90.6 Å². The molecule has 1 amide bonds. The number of amidine groups is 1. The number of hydrogen-bond acceptors (Lipinski definition) is 4. The maximum absolute atomic E-state index is 12.6. The predicted molar refractivity (Wildman–Crippen MR) is 143 cm³/mol. The van der Waals surface area contributed by atoms with Crippen molar-refractivity contribution in [2.24, 2.45) is 4.99 Å². The lowest BCUT2D eigenvalue weighted by Gasteiger charge is -2.33. The molecule has 1 aliphatic carbocycles. The number of nitrogens with zero attached hydrogens (tertiary/aromatic N) is 1. The molecular weight excluding hydrogens is 438 g/mol. The fourth-order valence-corrected chi connectivity index (χ4v) is 5.12. The van der Waals surface area contributed by atoms with E-state index in [4.69, 9.17) is 4.99 Å². The van der Waals surface area contributed by atoms with Crippen LogP contribution in [-0.4, -0.2) is 16.8 Å². The minimum Gasteiger partial charge on any atom is -0.335 e. The number of para-hydroxylation sites is 1. The van der Waals surface area contributed by atoms with Gasteiger partial charge in [0.2, 0.25) is 5.91 Å². The fraction of sp³-hybridized carbons (Fsp3) is 0.172. The predicted octanol–water partition coefficient (Wildman–Crippen LogP) is 6.58. The van der Waals surface area contributed by atoms with E-state index >= 15 is 0 Å². The molecular formula is C29H27N3OS. The van der Waals surface area contributed by atoms with Gasteiger partial charge in [0.05, 0.1) is 5.75 Å². The molecule has 0 aromatic heterocycles. The Morgan fingerprint density at radius 3 is 2.35 bits per heavy atom. The van der Waals surface area contributed by atoms with E-state index in [2.05, 4.69) is 65.2 Å². The lowest BCUT2D eigenvalue weighted by molar-refractivity contribution is -0.113. The van der Waals surface area contributed by atoms with E-state index in [0.29, 0.717) is 5.75 Å². The van der Waals surface area contributed by atoms with Crippen LogP contribution in [-0.2, 0) is 4.79 Å². The third-order valence-electron chi connectivity index (χ3n) is 6.00. The van der Waals surface area contributed by atoms with Gasteiger partial charge in [-0.15, -0.1) is 0 Å². The summed E-state index contributed by atoms with van der Waals surface area (Å²) in [6.07, 6.45) is 5.43. The first kappa shape index (κ1) is 22.2. The van der Waals surface area contributed by atoms with Crippen LogP contribution in [0, 0.1) is 0 Å². The van der Waals surface area contributed by atoms with Crippen LogP contribution in [0.4, 0.5) is 5.69 Å². The molecule has 5 rings (SSSR count). The van der Waals surface area contributed by atoms with E-state index in [1.807, 2.05) is 42.5 Å². The number of amides is 1. The topological polar surface area (TPSA) is 53.5 Å². The van der Waals surface area contributed by atoms with E-state index in [9.17, 15) is 4.79 Å². The number of rotatable bonds is 5. The van der Waals surface area contributed by atoms with Crippen LogP contribution in [0.2, 0.25) is 0 Å². The minimum absolute atomic E-state index is 0.0309. The maximum atomic E-state index is 12.6. The van der Waals surface area contributed by atoms with Gasteiger partial charge in [-0.25, -0.2) is 4.99 Å². The molecule has 1 atom stereocenters. The van der Waals surface area contributed by atoms with Crippen molar-refractivity contribution in [3.63, 3.8) is 0 Å². The van der Waals surface area contributed by atoms with Crippen molar-refractivity contribution in [1.82, 2.24) is 5.32 Å². The van der Waals surface area contributed by atoms with Gasteiger partial charge in [-0.05, 0) is 59.7 Å². The molecule has 0 unspecified atom stereocenters. The van der Waals surface area contributed by atoms with Gasteiger partial charge in [0.25, 0.3) is 0 Å². The van der Waals surface area contributed by atoms with Gasteiger partial charge in [-0.2, -0.15) is 0 Å². The quantitative estimate of drug-likeness (QED) is 0.447. The normalized spacial score (nSPS) is 18.6. The average molecular weight is 466 g/mol. The second-order valence-corrected chi connectivity index (χ2v) is 9.37. The molecule has 0 saturated carbocycles. The monoisotopic (exact) mass is 465 g/mol. The number of carbonyl (C=O) groups excluding carboxylic acids is 1. The number of nitrogens with one attached hydrogen (secondary N) is 2. The highest BCUT2D eigenvalue weighted by molar-refractivity contribution is 8.14. The summed E-state index contributed by atoms with van der Waals surface area (Å²) >= 11 is 1.45. The Kier molecular flexibility index (Phi) is 6.91. The number of hydrogen-bond donors (Lipinski definition) is 2. The van der Waals surface area contributed by atoms with Gasteiger partial charge < -0.3 is 10.6 Å².